The van der Waals surface area contributed by atoms with E-state index in [1.165, 1.54) is 0 Å². The molecular formula is C9H8Cl2O2. The highest BCUT2D eigenvalue weighted by atomic mass is 35.5. The third-order valence-corrected chi connectivity index (χ3v) is 2.47. The lowest BCUT2D eigenvalue weighted by atomic mass is 10.3. The Morgan fingerprint density at radius 2 is 2.15 bits per heavy atom. The Labute approximate surface area is 86.4 Å². The van der Waals surface area contributed by atoms with Crippen LogP contribution in [0.1, 0.15) is 0 Å². The molecule has 70 valence electrons. The summed E-state index contributed by atoms with van der Waals surface area (Å²) in [4.78, 5) is 0. The largest absolute Gasteiger partial charge is 0.491 e. The molecule has 0 amide bonds. The fourth-order valence-electron chi connectivity index (χ4n) is 0.920. The van der Waals surface area contributed by atoms with Crippen LogP contribution in [-0.2, 0) is 4.74 Å². The molecule has 1 aromatic carbocycles. The van der Waals surface area contributed by atoms with Crippen LogP contribution in [0.25, 0.3) is 0 Å². The molecule has 0 spiro atoms. The molecule has 1 aromatic rings. The van der Waals surface area contributed by atoms with Crippen LogP contribution in [0.5, 0.6) is 5.75 Å². The number of ether oxygens (including phenoxy) is 2. The molecule has 4 heteroatoms. The topological polar surface area (TPSA) is 21.8 Å². The Hall–Kier alpha value is -0.440. The number of epoxide rings is 1. The van der Waals surface area contributed by atoms with Gasteiger partial charge >= 0.3 is 0 Å². The summed E-state index contributed by atoms with van der Waals surface area (Å²) < 4.78 is 10.4. The molecule has 13 heavy (non-hydrogen) atoms. The second-order valence-electron chi connectivity index (χ2n) is 2.84. The van der Waals surface area contributed by atoms with Crippen LogP contribution in [-0.4, -0.2) is 19.3 Å². The maximum Gasteiger partial charge on any atom is 0.121 e. The number of hydrogen-bond acceptors (Lipinski definition) is 2. The molecule has 1 atom stereocenters. The van der Waals surface area contributed by atoms with Crippen molar-refractivity contribution in [2.75, 3.05) is 13.2 Å². The van der Waals surface area contributed by atoms with Gasteiger partial charge in [-0.05, 0) is 12.1 Å². The Balaban J connectivity index is 1.98. The van der Waals surface area contributed by atoms with Gasteiger partial charge in [0.2, 0.25) is 0 Å². The van der Waals surface area contributed by atoms with E-state index in [2.05, 4.69) is 0 Å². The van der Waals surface area contributed by atoms with Crippen molar-refractivity contribution < 1.29 is 9.47 Å². The van der Waals surface area contributed by atoms with Gasteiger partial charge in [-0.1, -0.05) is 23.2 Å². The lowest BCUT2D eigenvalue weighted by Crippen LogP contribution is -2.03. The van der Waals surface area contributed by atoms with Crippen LogP contribution >= 0.6 is 23.2 Å². The molecule has 1 saturated heterocycles. The first-order chi connectivity index (χ1) is 6.25. The maximum absolute atomic E-state index is 5.80. The minimum absolute atomic E-state index is 0.259. The minimum atomic E-state index is 0.259. The predicted molar refractivity (Wildman–Crippen MR) is 51.7 cm³/mol. The molecule has 1 aliphatic heterocycles. The SMILES string of the molecule is Clc1ccc(OCC2CO2)cc1Cl. The van der Waals surface area contributed by atoms with E-state index >= 15 is 0 Å². The van der Waals surface area contributed by atoms with Crippen molar-refractivity contribution in [3.8, 4) is 5.75 Å². The molecule has 1 unspecified atom stereocenters. The Kier molecular flexibility index (Phi) is 2.63. The van der Waals surface area contributed by atoms with E-state index in [0.29, 0.717) is 16.7 Å². The Morgan fingerprint density at radius 1 is 1.38 bits per heavy atom. The summed E-state index contributed by atoms with van der Waals surface area (Å²) in [5.74, 6) is 0.727. The number of benzene rings is 1. The first-order valence-corrected chi connectivity index (χ1v) is 4.71. The van der Waals surface area contributed by atoms with Gasteiger partial charge < -0.3 is 9.47 Å². The van der Waals surface area contributed by atoms with Crippen LogP contribution in [0.2, 0.25) is 10.0 Å². The lowest BCUT2D eigenvalue weighted by Gasteiger charge is -2.04. The van der Waals surface area contributed by atoms with Gasteiger partial charge in [0.05, 0.1) is 16.7 Å². The first kappa shape index (κ1) is 9.13. The molecule has 1 aliphatic rings. The molecule has 1 fully saturated rings. The van der Waals surface area contributed by atoms with Gasteiger partial charge in [-0.3, -0.25) is 0 Å². The molecule has 0 N–H and O–H groups in total. The van der Waals surface area contributed by atoms with Crippen LogP contribution in [0.15, 0.2) is 18.2 Å². The lowest BCUT2D eigenvalue weighted by molar-refractivity contribution is 0.263. The molecule has 2 nitrogen and oxygen atoms in total. The quantitative estimate of drug-likeness (QED) is 0.729. The van der Waals surface area contributed by atoms with Gasteiger partial charge in [-0.25, -0.2) is 0 Å². The number of hydrogen-bond donors (Lipinski definition) is 0. The molecule has 0 aromatic heterocycles. The van der Waals surface area contributed by atoms with Gasteiger partial charge in [0.15, 0.2) is 0 Å². The van der Waals surface area contributed by atoms with E-state index in [0.717, 1.165) is 12.4 Å². The van der Waals surface area contributed by atoms with E-state index in [1.54, 1.807) is 18.2 Å². The van der Waals surface area contributed by atoms with Crippen LogP contribution < -0.4 is 4.74 Å². The highest BCUT2D eigenvalue weighted by Gasteiger charge is 2.23. The monoisotopic (exact) mass is 218 g/mol. The van der Waals surface area contributed by atoms with E-state index in [1.807, 2.05) is 0 Å². The Morgan fingerprint density at radius 3 is 2.77 bits per heavy atom. The highest BCUT2D eigenvalue weighted by molar-refractivity contribution is 6.42. The maximum atomic E-state index is 5.80. The standard InChI is InChI=1S/C9H8Cl2O2/c10-8-2-1-6(3-9(8)11)12-4-7-5-13-7/h1-3,7H,4-5H2. The fourth-order valence-corrected chi connectivity index (χ4v) is 1.21. The summed E-state index contributed by atoms with van der Waals surface area (Å²) in [5, 5.41) is 1.05. The van der Waals surface area contributed by atoms with Crippen molar-refractivity contribution >= 4 is 23.2 Å². The molecule has 2 rings (SSSR count). The van der Waals surface area contributed by atoms with Crippen molar-refractivity contribution in [3.63, 3.8) is 0 Å². The third-order valence-electron chi connectivity index (χ3n) is 1.73. The van der Waals surface area contributed by atoms with Crippen molar-refractivity contribution in [1.82, 2.24) is 0 Å². The zero-order chi connectivity index (χ0) is 9.26. The number of rotatable bonds is 3. The smallest absolute Gasteiger partial charge is 0.121 e. The van der Waals surface area contributed by atoms with E-state index in [4.69, 9.17) is 32.7 Å². The number of halogens is 2. The second kappa shape index (κ2) is 3.74. The first-order valence-electron chi connectivity index (χ1n) is 3.95. The molecule has 0 aliphatic carbocycles. The summed E-state index contributed by atoms with van der Waals surface area (Å²) in [5.41, 5.74) is 0. The average molecular weight is 219 g/mol. The van der Waals surface area contributed by atoms with Gasteiger partial charge in [0.1, 0.15) is 18.5 Å². The van der Waals surface area contributed by atoms with Crippen LogP contribution in [0, 0.1) is 0 Å². The molecular weight excluding hydrogens is 211 g/mol. The van der Waals surface area contributed by atoms with Gasteiger partial charge in [-0.15, -0.1) is 0 Å². The average Bonchev–Trinajstić information content (AvgIpc) is 2.91. The van der Waals surface area contributed by atoms with E-state index < -0.39 is 0 Å². The zero-order valence-corrected chi connectivity index (χ0v) is 8.31. The van der Waals surface area contributed by atoms with Crippen molar-refractivity contribution in [3.05, 3.63) is 28.2 Å². The molecule has 0 saturated carbocycles. The van der Waals surface area contributed by atoms with Gasteiger partial charge in [-0.2, -0.15) is 0 Å². The second-order valence-corrected chi connectivity index (χ2v) is 3.66. The summed E-state index contributed by atoms with van der Waals surface area (Å²) >= 11 is 11.5. The third kappa shape index (κ3) is 2.50. The highest BCUT2D eigenvalue weighted by Crippen LogP contribution is 2.26. The zero-order valence-electron chi connectivity index (χ0n) is 6.80. The molecule has 0 radical (unpaired) electrons. The molecule has 1 heterocycles. The van der Waals surface area contributed by atoms with Crippen molar-refractivity contribution in [1.29, 1.82) is 0 Å². The summed E-state index contributed by atoms with van der Waals surface area (Å²) in [6, 6.07) is 5.20. The van der Waals surface area contributed by atoms with E-state index in [-0.39, 0.29) is 6.10 Å². The van der Waals surface area contributed by atoms with Gasteiger partial charge in [0.25, 0.3) is 0 Å². The van der Waals surface area contributed by atoms with Crippen LogP contribution in [0.4, 0.5) is 0 Å². The van der Waals surface area contributed by atoms with Crippen LogP contribution in [0.3, 0.4) is 0 Å². The van der Waals surface area contributed by atoms with Crippen molar-refractivity contribution in [2.45, 2.75) is 6.10 Å². The molecule has 0 bridgehead atoms. The summed E-state index contributed by atoms with van der Waals surface area (Å²) in [7, 11) is 0. The van der Waals surface area contributed by atoms with Gasteiger partial charge in [0, 0.05) is 6.07 Å². The van der Waals surface area contributed by atoms with Crippen molar-refractivity contribution in [2.24, 2.45) is 0 Å². The Bertz CT molecular complexity index is 310. The fraction of sp³-hybridized carbons (Fsp3) is 0.333. The van der Waals surface area contributed by atoms with E-state index in [9.17, 15) is 0 Å². The minimum Gasteiger partial charge on any atom is -0.491 e. The normalized spacial score (nSPS) is 20.0. The summed E-state index contributed by atoms with van der Waals surface area (Å²) in [6.45, 7) is 1.37. The predicted octanol–water partition coefficient (Wildman–Crippen LogP) is 2.77. The summed E-state index contributed by atoms with van der Waals surface area (Å²) in [6.07, 6.45) is 0.259.